The number of carbonyl (C=O) groups is 1. The van der Waals surface area contributed by atoms with Gasteiger partial charge in [0.25, 0.3) is 0 Å². The molecule has 3 rings (SSSR count). The lowest BCUT2D eigenvalue weighted by molar-refractivity contribution is -0.119. The first-order valence-corrected chi connectivity index (χ1v) is 7.99. The molecule has 0 aromatic heterocycles. The lowest BCUT2D eigenvalue weighted by Crippen LogP contribution is -2.42. The van der Waals surface area contributed by atoms with Crippen LogP contribution in [0.3, 0.4) is 0 Å². The summed E-state index contributed by atoms with van der Waals surface area (Å²) in [6.07, 6.45) is 4.08. The van der Waals surface area contributed by atoms with Crippen molar-refractivity contribution >= 4 is 11.6 Å². The summed E-state index contributed by atoms with van der Waals surface area (Å²) in [5, 5.41) is 9.01. The molecule has 1 saturated heterocycles. The molecule has 1 N–H and O–H groups in total. The van der Waals surface area contributed by atoms with Gasteiger partial charge in [-0.05, 0) is 49.8 Å². The number of hydrogen-bond acceptors (Lipinski definition) is 3. The highest BCUT2D eigenvalue weighted by Crippen LogP contribution is 2.27. The van der Waals surface area contributed by atoms with E-state index in [1.807, 2.05) is 17.0 Å². The SMILES string of the molecule is O=C(CN1CCC(CCO)C1)N1CCCc2ccccc21. The number of carbonyl (C=O) groups excluding carboxylic acids is 1. The van der Waals surface area contributed by atoms with Crippen LogP contribution in [0.2, 0.25) is 0 Å². The highest BCUT2D eigenvalue weighted by molar-refractivity contribution is 5.95. The van der Waals surface area contributed by atoms with E-state index in [1.54, 1.807) is 0 Å². The molecule has 2 heterocycles. The number of aliphatic hydroxyl groups is 1. The molecule has 1 aromatic carbocycles. The number of aliphatic hydroxyl groups excluding tert-OH is 1. The van der Waals surface area contributed by atoms with Gasteiger partial charge >= 0.3 is 0 Å². The fraction of sp³-hybridized carbons (Fsp3) is 0.588. The zero-order valence-corrected chi connectivity index (χ0v) is 12.5. The van der Waals surface area contributed by atoms with Crippen molar-refractivity contribution in [1.82, 2.24) is 4.90 Å². The summed E-state index contributed by atoms with van der Waals surface area (Å²) in [6, 6.07) is 8.25. The molecular weight excluding hydrogens is 264 g/mol. The molecule has 0 radical (unpaired) electrons. The maximum atomic E-state index is 12.6. The van der Waals surface area contributed by atoms with Crippen LogP contribution in [0.4, 0.5) is 5.69 Å². The molecule has 4 heteroatoms. The highest BCUT2D eigenvalue weighted by atomic mass is 16.3. The molecule has 0 bridgehead atoms. The Balaban J connectivity index is 1.62. The van der Waals surface area contributed by atoms with Crippen LogP contribution in [0, 0.1) is 5.92 Å². The average molecular weight is 288 g/mol. The first-order valence-electron chi connectivity index (χ1n) is 7.99. The molecule has 21 heavy (non-hydrogen) atoms. The summed E-state index contributed by atoms with van der Waals surface area (Å²) in [4.78, 5) is 16.8. The maximum Gasteiger partial charge on any atom is 0.241 e. The Bertz CT molecular complexity index is 503. The zero-order chi connectivity index (χ0) is 14.7. The quantitative estimate of drug-likeness (QED) is 0.916. The first-order chi connectivity index (χ1) is 10.3. The summed E-state index contributed by atoms with van der Waals surface area (Å²) in [5.74, 6) is 0.767. The summed E-state index contributed by atoms with van der Waals surface area (Å²) >= 11 is 0. The Labute approximate surface area is 126 Å². The second-order valence-electron chi connectivity index (χ2n) is 6.18. The number of hydrogen-bond donors (Lipinski definition) is 1. The van der Waals surface area contributed by atoms with E-state index >= 15 is 0 Å². The number of nitrogens with zero attached hydrogens (tertiary/aromatic N) is 2. The molecule has 1 amide bonds. The lowest BCUT2D eigenvalue weighted by Gasteiger charge is -2.31. The number of likely N-dealkylation sites (tertiary alicyclic amines) is 1. The molecule has 0 spiro atoms. The van der Waals surface area contributed by atoms with Crippen LogP contribution in [0.1, 0.15) is 24.8 Å². The molecule has 1 unspecified atom stereocenters. The number of benzene rings is 1. The molecule has 114 valence electrons. The Kier molecular flexibility index (Phi) is 4.56. The smallest absolute Gasteiger partial charge is 0.241 e. The monoisotopic (exact) mass is 288 g/mol. The highest BCUT2D eigenvalue weighted by Gasteiger charge is 2.27. The third kappa shape index (κ3) is 3.27. The van der Waals surface area contributed by atoms with Gasteiger partial charge in [-0.2, -0.15) is 0 Å². The first kappa shape index (κ1) is 14.5. The van der Waals surface area contributed by atoms with E-state index in [0.717, 1.165) is 51.0 Å². The Morgan fingerprint density at radius 2 is 2.14 bits per heavy atom. The predicted octanol–water partition coefficient (Wildman–Crippen LogP) is 1.67. The molecule has 1 atom stereocenters. The minimum absolute atomic E-state index is 0.215. The van der Waals surface area contributed by atoms with E-state index in [2.05, 4.69) is 17.0 Å². The normalized spacial score (nSPS) is 22.3. The average Bonchev–Trinajstić information content (AvgIpc) is 2.94. The summed E-state index contributed by atoms with van der Waals surface area (Å²) in [5.41, 5.74) is 2.39. The third-order valence-electron chi connectivity index (χ3n) is 4.68. The standard InChI is InChI=1S/C17H24N2O2/c20-11-8-14-7-10-18(12-14)13-17(21)19-9-3-5-15-4-1-2-6-16(15)19/h1-2,4,6,14,20H,3,5,7-13H2. The van der Waals surface area contributed by atoms with E-state index in [4.69, 9.17) is 5.11 Å². The second kappa shape index (κ2) is 6.58. The van der Waals surface area contributed by atoms with Gasteiger partial charge in [-0.3, -0.25) is 9.69 Å². The number of amides is 1. The van der Waals surface area contributed by atoms with Crippen molar-refractivity contribution < 1.29 is 9.90 Å². The second-order valence-corrected chi connectivity index (χ2v) is 6.18. The van der Waals surface area contributed by atoms with Crippen LogP contribution in [-0.2, 0) is 11.2 Å². The predicted molar refractivity (Wildman–Crippen MR) is 83.4 cm³/mol. The number of rotatable bonds is 4. The van der Waals surface area contributed by atoms with Crippen molar-refractivity contribution in [1.29, 1.82) is 0 Å². The van der Waals surface area contributed by atoms with Gasteiger partial charge in [-0.15, -0.1) is 0 Å². The van der Waals surface area contributed by atoms with Crippen LogP contribution in [0.25, 0.3) is 0 Å². The summed E-state index contributed by atoms with van der Waals surface area (Å²) in [6.45, 7) is 3.53. The van der Waals surface area contributed by atoms with Gasteiger partial charge in [0.15, 0.2) is 0 Å². The largest absolute Gasteiger partial charge is 0.396 e. The topological polar surface area (TPSA) is 43.8 Å². The van der Waals surface area contributed by atoms with Crippen molar-refractivity contribution in [3.8, 4) is 0 Å². The summed E-state index contributed by atoms with van der Waals surface area (Å²) in [7, 11) is 0. The van der Waals surface area contributed by atoms with Crippen molar-refractivity contribution in [2.75, 3.05) is 37.7 Å². The molecule has 0 saturated carbocycles. The van der Waals surface area contributed by atoms with Gasteiger partial charge in [0.1, 0.15) is 0 Å². The van der Waals surface area contributed by atoms with Gasteiger partial charge in [0.05, 0.1) is 6.54 Å². The van der Waals surface area contributed by atoms with E-state index in [-0.39, 0.29) is 12.5 Å². The minimum Gasteiger partial charge on any atom is -0.396 e. The molecule has 4 nitrogen and oxygen atoms in total. The van der Waals surface area contributed by atoms with Gasteiger partial charge in [0, 0.05) is 25.4 Å². The third-order valence-corrected chi connectivity index (χ3v) is 4.68. The Morgan fingerprint density at radius 1 is 1.29 bits per heavy atom. The number of para-hydroxylation sites is 1. The van der Waals surface area contributed by atoms with E-state index in [9.17, 15) is 4.79 Å². The van der Waals surface area contributed by atoms with Gasteiger partial charge < -0.3 is 10.0 Å². The van der Waals surface area contributed by atoms with E-state index in [0.29, 0.717) is 12.5 Å². The van der Waals surface area contributed by atoms with E-state index < -0.39 is 0 Å². The molecule has 2 aliphatic heterocycles. The van der Waals surface area contributed by atoms with Crippen molar-refractivity contribution in [3.05, 3.63) is 29.8 Å². The minimum atomic E-state index is 0.215. The Hall–Kier alpha value is -1.39. The van der Waals surface area contributed by atoms with Gasteiger partial charge in [-0.25, -0.2) is 0 Å². The van der Waals surface area contributed by atoms with Gasteiger partial charge in [-0.1, -0.05) is 18.2 Å². The fourth-order valence-corrected chi connectivity index (χ4v) is 3.54. The number of anilines is 1. The lowest BCUT2D eigenvalue weighted by atomic mass is 10.0. The molecule has 1 aromatic rings. The summed E-state index contributed by atoms with van der Waals surface area (Å²) < 4.78 is 0. The van der Waals surface area contributed by atoms with Crippen LogP contribution < -0.4 is 4.90 Å². The van der Waals surface area contributed by atoms with Crippen LogP contribution >= 0.6 is 0 Å². The van der Waals surface area contributed by atoms with Crippen LogP contribution in [0.5, 0.6) is 0 Å². The van der Waals surface area contributed by atoms with Crippen molar-refractivity contribution in [2.45, 2.75) is 25.7 Å². The molecular formula is C17H24N2O2. The van der Waals surface area contributed by atoms with Crippen molar-refractivity contribution in [3.63, 3.8) is 0 Å². The molecule has 1 fully saturated rings. The van der Waals surface area contributed by atoms with Crippen LogP contribution in [0.15, 0.2) is 24.3 Å². The zero-order valence-electron chi connectivity index (χ0n) is 12.5. The Morgan fingerprint density at radius 3 is 3.00 bits per heavy atom. The van der Waals surface area contributed by atoms with E-state index in [1.165, 1.54) is 5.56 Å². The maximum absolute atomic E-state index is 12.6. The number of fused-ring (bicyclic) bond motifs is 1. The molecule has 2 aliphatic rings. The van der Waals surface area contributed by atoms with Gasteiger partial charge in [0.2, 0.25) is 5.91 Å². The molecule has 0 aliphatic carbocycles. The number of aryl methyl sites for hydroxylation is 1. The fourth-order valence-electron chi connectivity index (χ4n) is 3.54. The van der Waals surface area contributed by atoms with Crippen LogP contribution in [-0.4, -0.2) is 48.7 Å². The van der Waals surface area contributed by atoms with Crippen molar-refractivity contribution in [2.24, 2.45) is 5.92 Å².